The minimum Gasteiger partial charge on any atom is -0.310 e. The quantitative estimate of drug-likeness (QED) is 0.760. The second-order valence-corrected chi connectivity index (χ2v) is 4.87. The van der Waals surface area contributed by atoms with E-state index in [1.54, 1.807) is 17.8 Å². The molecule has 90 valence electrons. The van der Waals surface area contributed by atoms with Gasteiger partial charge in [-0.15, -0.1) is 11.8 Å². The molecule has 0 aliphatic heterocycles. The van der Waals surface area contributed by atoms with Crippen LogP contribution in [0.25, 0.3) is 0 Å². The van der Waals surface area contributed by atoms with Gasteiger partial charge in [0.2, 0.25) is 0 Å². The van der Waals surface area contributed by atoms with Crippen molar-refractivity contribution in [1.29, 1.82) is 0 Å². The summed E-state index contributed by atoms with van der Waals surface area (Å²) >= 11 is 1.66. The van der Waals surface area contributed by atoms with E-state index in [1.165, 1.54) is 12.5 Å². The summed E-state index contributed by atoms with van der Waals surface area (Å²) in [7, 11) is 0. The highest BCUT2D eigenvalue weighted by Gasteiger charge is 2.05. The normalized spacial score (nSPS) is 12.8. The van der Waals surface area contributed by atoms with E-state index in [1.807, 2.05) is 12.3 Å². The maximum atomic E-state index is 13.1. The molecule has 0 fully saturated rings. The molecule has 1 unspecified atom stereocenters. The van der Waals surface area contributed by atoms with Crippen molar-refractivity contribution in [2.24, 2.45) is 0 Å². The average molecular weight is 241 g/mol. The van der Waals surface area contributed by atoms with Gasteiger partial charge in [-0.3, -0.25) is 0 Å². The molecule has 1 rings (SSSR count). The Morgan fingerprint density at radius 2 is 2.19 bits per heavy atom. The zero-order valence-electron chi connectivity index (χ0n) is 10.2. The topological polar surface area (TPSA) is 12.0 Å². The van der Waals surface area contributed by atoms with Gasteiger partial charge in [-0.1, -0.05) is 13.3 Å². The third-order valence-electron chi connectivity index (χ3n) is 2.61. The molecular weight excluding hydrogens is 221 g/mol. The maximum absolute atomic E-state index is 13.1. The molecule has 0 aromatic heterocycles. The molecule has 1 aromatic rings. The zero-order valence-corrected chi connectivity index (χ0v) is 11.0. The second kappa shape index (κ2) is 6.92. The van der Waals surface area contributed by atoms with Gasteiger partial charge < -0.3 is 5.32 Å². The van der Waals surface area contributed by atoms with Gasteiger partial charge in [0.15, 0.2) is 0 Å². The number of benzene rings is 1. The smallest absolute Gasteiger partial charge is 0.123 e. The Morgan fingerprint density at radius 1 is 1.44 bits per heavy atom. The molecule has 0 saturated heterocycles. The first-order chi connectivity index (χ1) is 7.67. The minimum absolute atomic E-state index is 0.155. The fraction of sp³-hybridized carbons (Fsp3) is 0.538. The summed E-state index contributed by atoms with van der Waals surface area (Å²) in [5.41, 5.74) is 1.05. The molecule has 0 aliphatic rings. The Labute approximate surface area is 102 Å². The zero-order chi connectivity index (χ0) is 12.0. The molecule has 0 radical (unpaired) electrons. The number of thioether (sulfide) groups is 1. The van der Waals surface area contributed by atoms with Gasteiger partial charge >= 0.3 is 0 Å². The first-order valence-corrected chi connectivity index (χ1v) is 6.95. The van der Waals surface area contributed by atoms with Gasteiger partial charge in [-0.2, -0.15) is 0 Å². The van der Waals surface area contributed by atoms with Gasteiger partial charge in [0.1, 0.15) is 5.82 Å². The standard InChI is InChI=1S/C13H20FNS/c1-4-5-10(2)15-9-11-8-12(14)6-7-13(11)16-3/h6-8,10,15H,4-5,9H2,1-3H3. The van der Waals surface area contributed by atoms with Gasteiger partial charge in [-0.05, 0) is 43.4 Å². The van der Waals surface area contributed by atoms with Crippen LogP contribution in [0.4, 0.5) is 4.39 Å². The predicted molar refractivity (Wildman–Crippen MR) is 69.4 cm³/mol. The molecule has 3 heteroatoms. The number of halogens is 1. The Morgan fingerprint density at radius 3 is 2.81 bits per heavy atom. The number of hydrogen-bond donors (Lipinski definition) is 1. The van der Waals surface area contributed by atoms with E-state index in [-0.39, 0.29) is 5.82 Å². The Bertz CT molecular complexity index is 328. The van der Waals surface area contributed by atoms with E-state index in [4.69, 9.17) is 0 Å². The fourth-order valence-corrected chi connectivity index (χ4v) is 2.30. The summed E-state index contributed by atoms with van der Waals surface area (Å²) in [5.74, 6) is -0.155. The van der Waals surface area contributed by atoms with Crippen molar-refractivity contribution in [2.75, 3.05) is 6.26 Å². The third-order valence-corrected chi connectivity index (χ3v) is 3.44. The molecular formula is C13H20FNS. The summed E-state index contributed by atoms with van der Waals surface area (Å²) < 4.78 is 13.1. The van der Waals surface area contributed by atoms with Crippen molar-refractivity contribution in [3.05, 3.63) is 29.6 Å². The number of hydrogen-bond acceptors (Lipinski definition) is 2. The SMILES string of the molecule is CCCC(C)NCc1cc(F)ccc1SC. The van der Waals surface area contributed by atoms with Gasteiger partial charge in [0, 0.05) is 17.5 Å². The van der Waals surface area contributed by atoms with Crippen LogP contribution in [0.3, 0.4) is 0 Å². The largest absolute Gasteiger partial charge is 0.310 e. The lowest BCUT2D eigenvalue weighted by Gasteiger charge is -2.14. The van der Waals surface area contributed by atoms with E-state index >= 15 is 0 Å². The molecule has 0 spiro atoms. The second-order valence-electron chi connectivity index (χ2n) is 4.03. The van der Waals surface area contributed by atoms with Crippen molar-refractivity contribution in [1.82, 2.24) is 5.32 Å². The highest BCUT2D eigenvalue weighted by molar-refractivity contribution is 7.98. The molecule has 16 heavy (non-hydrogen) atoms. The van der Waals surface area contributed by atoms with E-state index in [9.17, 15) is 4.39 Å². The van der Waals surface area contributed by atoms with Crippen LogP contribution in [0, 0.1) is 5.82 Å². The number of rotatable bonds is 6. The molecule has 1 nitrogen and oxygen atoms in total. The molecule has 1 N–H and O–H groups in total. The van der Waals surface area contributed by atoms with Gasteiger partial charge in [0.05, 0.1) is 0 Å². The molecule has 0 amide bonds. The van der Waals surface area contributed by atoms with Gasteiger partial charge in [0.25, 0.3) is 0 Å². The van der Waals surface area contributed by atoms with Crippen LogP contribution in [0.2, 0.25) is 0 Å². The highest BCUT2D eigenvalue weighted by atomic mass is 32.2. The van der Waals surface area contributed by atoms with Crippen LogP contribution in [0.15, 0.2) is 23.1 Å². The fourth-order valence-electron chi connectivity index (χ4n) is 1.70. The molecule has 1 aromatic carbocycles. The summed E-state index contributed by atoms with van der Waals surface area (Å²) in [4.78, 5) is 1.15. The summed E-state index contributed by atoms with van der Waals surface area (Å²) in [6.45, 7) is 5.09. The first kappa shape index (κ1) is 13.5. The van der Waals surface area contributed by atoms with Crippen molar-refractivity contribution in [3.8, 4) is 0 Å². The Hall–Kier alpha value is -0.540. The summed E-state index contributed by atoms with van der Waals surface area (Å²) in [6, 6.07) is 5.48. The Balaban J connectivity index is 2.61. The monoisotopic (exact) mass is 241 g/mol. The molecule has 0 saturated carbocycles. The van der Waals surface area contributed by atoms with Gasteiger partial charge in [-0.25, -0.2) is 4.39 Å². The summed E-state index contributed by atoms with van der Waals surface area (Å²) in [5, 5.41) is 3.42. The molecule has 0 aliphatic carbocycles. The lowest BCUT2D eigenvalue weighted by Crippen LogP contribution is -2.25. The van der Waals surface area contributed by atoms with E-state index < -0.39 is 0 Å². The minimum atomic E-state index is -0.155. The van der Waals surface area contributed by atoms with E-state index in [0.717, 1.165) is 23.4 Å². The van der Waals surface area contributed by atoms with Crippen LogP contribution < -0.4 is 5.32 Å². The lowest BCUT2D eigenvalue weighted by atomic mass is 10.1. The first-order valence-electron chi connectivity index (χ1n) is 5.73. The van der Waals surface area contributed by atoms with Crippen molar-refractivity contribution in [2.45, 2.75) is 44.2 Å². The maximum Gasteiger partial charge on any atom is 0.123 e. The highest BCUT2D eigenvalue weighted by Crippen LogP contribution is 2.21. The van der Waals surface area contributed by atoms with Crippen LogP contribution in [-0.4, -0.2) is 12.3 Å². The van der Waals surface area contributed by atoms with Crippen molar-refractivity contribution < 1.29 is 4.39 Å². The van der Waals surface area contributed by atoms with Crippen LogP contribution in [0.1, 0.15) is 32.3 Å². The number of nitrogens with one attached hydrogen (secondary N) is 1. The van der Waals surface area contributed by atoms with Crippen LogP contribution >= 0.6 is 11.8 Å². The van der Waals surface area contributed by atoms with Crippen molar-refractivity contribution in [3.63, 3.8) is 0 Å². The predicted octanol–water partition coefficient (Wildman–Crippen LogP) is 3.83. The third kappa shape index (κ3) is 4.14. The van der Waals surface area contributed by atoms with Crippen molar-refractivity contribution >= 4 is 11.8 Å². The molecule has 0 bridgehead atoms. The average Bonchev–Trinajstić information content (AvgIpc) is 2.27. The van der Waals surface area contributed by atoms with E-state index in [0.29, 0.717) is 6.04 Å². The summed E-state index contributed by atoms with van der Waals surface area (Å²) in [6.07, 6.45) is 4.35. The van der Waals surface area contributed by atoms with E-state index in [2.05, 4.69) is 19.2 Å². The lowest BCUT2D eigenvalue weighted by molar-refractivity contribution is 0.504. The van der Waals surface area contributed by atoms with Crippen LogP contribution in [0.5, 0.6) is 0 Å². The molecule has 1 atom stereocenters. The molecule has 0 heterocycles. The van der Waals surface area contributed by atoms with Crippen LogP contribution in [-0.2, 0) is 6.54 Å². The Kier molecular flexibility index (Phi) is 5.85.